The zero-order chi connectivity index (χ0) is 11.9. The van der Waals surface area contributed by atoms with Crippen LogP contribution in [0, 0.1) is 11.8 Å². The number of ether oxygens (including phenoxy) is 1. The Morgan fingerprint density at radius 3 is 3.24 bits per heavy atom. The van der Waals surface area contributed by atoms with Crippen LogP contribution in [0.3, 0.4) is 0 Å². The number of nitrogens with zero attached hydrogens (tertiary/aromatic N) is 1. The standard InChI is InChI=1S/C13H17NO2S/c15-6-1-3-12-9-13(17-11-12)10-14-4-2-7-16-8-5-14/h9,11,15H,2,4-8,10H2. The summed E-state index contributed by atoms with van der Waals surface area (Å²) < 4.78 is 5.43. The van der Waals surface area contributed by atoms with Gasteiger partial charge in [0.05, 0.1) is 6.61 Å². The summed E-state index contributed by atoms with van der Waals surface area (Å²) in [6, 6.07) is 2.11. The minimum Gasteiger partial charge on any atom is -0.384 e. The molecule has 0 atom stereocenters. The quantitative estimate of drug-likeness (QED) is 0.805. The fourth-order valence-electron chi connectivity index (χ4n) is 1.85. The lowest BCUT2D eigenvalue weighted by molar-refractivity contribution is 0.140. The Morgan fingerprint density at radius 1 is 1.41 bits per heavy atom. The van der Waals surface area contributed by atoms with Gasteiger partial charge in [-0.25, -0.2) is 0 Å². The lowest BCUT2D eigenvalue weighted by atomic mass is 10.3. The van der Waals surface area contributed by atoms with Gasteiger partial charge in [-0.1, -0.05) is 11.8 Å². The molecule has 0 unspecified atom stereocenters. The van der Waals surface area contributed by atoms with E-state index in [-0.39, 0.29) is 6.61 Å². The molecule has 0 aromatic carbocycles. The SMILES string of the molecule is OCC#Cc1csc(CN2CCCOCC2)c1. The number of aliphatic hydroxyl groups is 1. The third-order valence-electron chi connectivity index (χ3n) is 2.66. The van der Waals surface area contributed by atoms with Gasteiger partial charge < -0.3 is 9.84 Å². The van der Waals surface area contributed by atoms with Crippen molar-refractivity contribution >= 4 is 11.3 Å². The van der Waals surface area contributed by atoms with Crippen molar-refractivity contribution < 1.29 is 9.84 Å². The summed E-state index contributed by atoms with van der Waals surface area (Å²) in [5.41, 5.74) is 1.00. The van der Waals surface area contributed by atoms with Crippen LogP contribution in [0.5, 0.6) is 0 Å². The van der Waals surface area contributed by atoms with Gasteiger partial charge in [-0.05, 0) is 12.5 Å². The fraction of sp³-hybridized carbons (Fsp3) is 0.538. The van der Waals surface area contributed by atoms with Gasteiger partial charge in [0.25, 0.3) is 0 Å². The van der Waals surface area contributed by atoms with Gasteiger partial charge >= 0.3 is 0 Å². The van der Waals surface area contributed by atoms with Gasteiger partial charge in [0.1, 0.15) is 6.61 Å². The Balaban J connectivity index is 1.91. The molecule has 1 aliphatic rings. The van der Waals surface area contributed by atoms with Gasteiger partial charge in [0.15, 0.2) is 0 Å². The molecule has 0 spiro atoms. The van der Waals surface area contributed by atoms with Crippen molar-refractivity contribution in [3.8, 4) is 11.8 Å². The molecule has 2 rings (SSSR count). The van der Waals surface area contributed by atoms with Crippen molar-refractivity contribution in [3.63, 3.8) is 0 Å². The summed E-state index contributed by atoms with van der Waals surface area (Å²) in [6.07, 6.45) is 1.11. The molecule has 92 valence electrons. The van der Waals surface area contributed by atoms with E-state index < -0.39 is 0 Å². The van der Waals surface area contributed by atoms with Crippen LogP contribution in [-0.2, 0) is 11.3 Å². The van der Waals surface area contributed by atoms with Crippen LogP contribution < -0.4 is 0 Å². The molecule has 0 bridgehead atoms. The molecular formula is C13H17NO2S. The minimum atomic E-state index is -0.0748. The smallest absolute Gasteiger partial charge is 0.104 e. The van der Waals surface area contributed by atoms with Crippen molar-refractivity contribution in [3.05, 3.63) is 21.9 Å². The topological polar surface area (TPSA) is 32.7 Å². The summed E-state index contributed by atoms with van der Waals surface area (Å²) >= 11 is 1.73. The van der Waals surface area contributed by atoms with E-state index in [2.05, 4.69) is 22.8 Å². The van der Waals surface area contributed by atoms with Gasteiger partial charge in [0, 0.05) is 42.1 Å². The molecular weight excluding hydrogens is 234 g/mol. The summed E-state index contributed by atoms with van der Waals surface area (Å²) in [7, 11) is 0. The zero-order valence-corrected chi connectivity index (χ0v) is 10.6. The van der Waals surface area contributed by atoms with Crippen molar-refractivity contribution in [1.82, 2.24) is 4.90 Å². The number of rotatable bonds is 2. The van der Waals surface area contributed by atoms with E-state index in [0.717, 1.165) is 44.8 Å². The van der Waals surface area contributed by atoms with Gasteiger partial charge in [-0.15, -0.1) is 11.3 Å². The Labute approximate surface area is 106 Å². The highest BCUT2D eigenvalue weighted by Crippen LogP contribution is 2.16. The first-order valence-electron chi connectivity index (χ1n) is 5.86. The molecule has 2 heterocycles. The summed E-state index contributed by atoms with van der Waals surface area (Å²) in [5.74, 6) is 5.60. The zero-order valence-electron chi connectivity index (χ0n) is 9.82. The van der Waals surface area contributed by atoms with Crippen molar-refractivity contribution in [2.24, 2.45) is 0 Å². The lowest BCUT2D eigenvalue weighted by Gasteiger charge is -2.17. The molecule has 0 saturated carbocycles. The van der Waals surface area contributed by atoms with Crippen molar-refractivity contribution in [2.75, 3.05) is 32.9 Å². The molecule has 1 N–H and O–H groups in total. The second-order valence-corrected chi connectivity index (χ2v) is 5.00. The third kappa shape index (κ3) is 4.14. The summed E-state index contributed by atoms with van der Waals surface area (Å²) in [6.45, 7) is 4.74. The molecule has 1 saturated heterocycles. The molecule has 1 aliphatic heterocycles. The van der Waals surface area contributed by atoms with E-state index in [4.69, 9.17) is 9.84 Å². The second kappa shape index (κ2) is 6.77. The third-order valence-corrected chi connectivity index (χ3v) is 3.58. The van der Waals surface area contributed by atoms with Gasteiger partial charge in [-0.3, -0.25) is 4.90 Å². The fourth-order valence-corrected chi connectivity index (χ4v) is 2.70. The van der Waals surface area contributed by atoms with E-state index in [1.54, 1.807) is 11.3 Å². The number of hydrogen-bond donors (Lipinski definition) is 1. The normalized spacial score (nSPS) is 17.2. The maximum Gasteiger partial charge on any atom is 0.104 e. The van der Waals surface area contributed by atoms with Crippen LogP contribution in [0.4, 0.5) is 0 Å². The average molecular weight is 251 g/mol. The largest absolute Gasteiger partial charge is 0.384 e. The van der Waals surface area contributed by atoms with Crippen molar-refractivity contribution in [1.29, 1.82) is 0 Å². The molecule has 0 radical (unpaired) electrons. The predicted molar refractivity (Wildman–Crippen MR) is 69.0 cm³/mol. The first kappa shape index (κ1) is 12.6. The van der Waals surface area contributed by atoms with Crippen LogP contribution in [0.2, 0.25) is 0 Å². The highest BCUT2D eigenvalue weighted by atomic mass is 32.1. The highest BCUT2D eigenvalue weighted by Gasteiger charge is 2.10. The first-order chi connectivity index (χ1) is 8.38. The average Bonchev–Trinajstić information content (AvgIpc) is 2.61. The number of aliphatic hydroxyl groups excluding tert-OH is 1. The maximum absolute atomic E-state index is 8.63. The monoisotopic (exact) mass is 251 g/mol. The molecule has 0 aliphatic carbocycles. The highest BCUT2D eigenvalue weighted by molar-refractivity contribution is 7.10. The second-order valence-electron chi connectivity index (χ2n) is 4.00. The van der Waals surface area contributed by atoms with E-state index in [9.17, 15) is 0 Å². The van der Waals surface area contributed by atoms with E-state index in [1.807, 2.05) is 5.38 Å². The number of thiophene rings is 1. The predicted octanol–water partition coefficient (Wildman–Crippen LogP) is 1.31. The maximum atomic E-state index is 8.63. The van der Waals surface area contributed by atoms with Gasteiger partial charge in [0.2, 0.25) is 0 Å². The Morgan fingerprint density at radius 2 is 2.35 bits per heavy atom. The number of hydrogen-bond acceptors (Lipinski definition) is 4. The minimum absolute atomic E-state index is 0.0748. The first-order valence-corrected chi connectivity index (χ1v) is 6.73. The van der Waals surface area contributed by atoms with Crippen LogP contribution in [0.1, 0.15) is 16.9 Å². The molecule has 17 heavy (non-hydrogen) atoms. The Hall–Kier alpha value is -0.860. The van der Waals surface area contributed by atoms with Crippen LogP contribution in [-0.4, -0.2) is 42.9 Å². The van der Waals surface area contributed by atoms with Crippen molar-refractivity contribution in [2.45, 2.75) is 13.0 Å². The molecule has 1 fully saturated rings. The van der Waals surface area contributed by atoms with Crippen LogP contribution in [0.15, 0.2) is 11.4 Å². The molecule has 3 nitrogen and oxygen atoms in total. The lowest BCUT2D eigenvalue weighted by Crippen LogP contribution is -2.25. The van der Waals surface area contributed by atoms with Crippen LogP contribution in [0.25, 0.3) is 0 Å². The molecule has 1 aromatic heterocycles. The van der Waals surface area contributed by atoms with E-state index in [1.165, 1.54) is 4.88 Å². The van der Waals surface area contributed by atoms with E-state index in [0.29, 0.717) is 0 Å². The Kier molecular flexibility index (Phi) is 5.02. The van der Waals surface area contributed by atoms with E-state index >= 15 is 0 Å². The Bertz CT molecular complexity index is 397. The summed E-state index contributed by atoms with van der Waals surface area (Å²) in [5, 5.41) is 10.7. The molecule has 1 aromatic rings. The molecule has 4 heteroatoms. The molecule has 0 amide bonds. The van der Waals surface area contributed by atoms with Gasteiger partial charge in [-0.2, -0.15) is 0 Å². The van der Waals surface area contributed by atoms with Crippen LogP contribution >= 0.6 is 11.3 Å². The summed E-state index contributed by atoms with van der Waals surface area (Å²) in [4.78, 5) is 3.75.